The first kappa shape index (κ1) is 25.8. The van der Waals surface area contributed by atoms with Gasteiger partial charge in [-0.3, -0.25) is 9.59 Å². The molecular weight excluding hydrogens is 424 g/mol. The highest BCUT2D eigenvalue weighted by atomic mass is 16.5. The summed E-state index contributed by atoms with van der Waals surface area (Å²) in [6.45, 7) is 6.99. The van der Waals surface area contributed by atoms with Gasteiger partial charge < -0.3 is 15.0 Å². The summed E-state index contributed by atoms with van der Waals surface area (Å²) in [4.78, 5) is 28.4. The molecule has 184 valence electrons. The van der Waals surface area contributed by atoms with Crippen LogP contribution in [-0.2, 0) is 16.1 Å². The second-order valence-electron chi connectivity index (χ2n) is 9.54. The monoisotopic (exact) mass is 464 g/mol. The van der Waals surface area contributed by atoms with Crippen LogP contribution >= 0.6 is 0 Å². The fourth-order valence-corrected chi connectivity index (χ4v) is 4.55. The van der Waals surface area contributed by atoms with Gasteiger partial charge in [-0.1, -0.05) is 73.7 Å². The summed E-state index contributed by atoms with van der Waals surface area (Å²) in [6.07, 6.45) is 7.18. The Hall–Kier alpha value is -2.82. The van der Waals surface area contributed by atoms with Gasteiger partial charge in [-0.05, 0) is 57.2 Å². The quantitative estimate of drug-likeness (QED) is 0.433. The molecule has 0 unspecified atom stereocenters. The fourth-order valence-electron chi connectivity index (χ4n) is 4.55. The lowest BCUT2D eigenvalue weighted by molar-refractivity contribution is -0.142. The minimum atomic E-state index is -0.464. The first-order chi connectivity index (χ1) is 16.5. The second-order valence-corrected chi connectivity index (χ2v) is 9.54. The Morgan fingerprint density at radius 1 is 0.971 bits per heavy atom. The van der Waals surface area contributed by atoms with Gasteiger partial charge >= 0.3 is 0 Å². The molecule has 0 spiro atoms. The van der Waals surface area contributed by atoms with E-state index in [-0.39, 0.29) is 17.9 Å². The molecule has 1 saturated carbocycles. The van der Waals surface area contributed by atoms with Gasteiger partial charge in [0, 0.05) is 19.0 Å². The van der Waals surface area contributed by atoms with E-state index in [9.17, 15) is 9.59 Å². The molecule has 2 aromatic rings. The van der Waals surface area contributed by atoms with Crippen molar-refractivity contribution in [1.82, 2.24) is 10.2 Å². The maximum absolute atomic E-state index is 13.4. The van der Waals surface area contributed by atoms with Gasteiger partial charge in [0.25, 0.3) is 0 Å². The Morgan fingerprint density at radius 2 is 1.59 bits per heavy atom. The zero-order valence-electron chi connectivity index (χ0n) is 21.0. The molecule has 1 aliphatic rings. The lowest BCUT2D eigenvalue weighted by Gasteiger charge is -2.33. The van der Waals surface area contributed by atoms with Crippen LogP contribution in [0.3, 0.4) is 0 Å². The Kier molecular flexibility index (Phi) is 9.99. The number of aryl methyl sites for hydroxylation is 2. The zero-order valence-corrected chi connectivity index (χ0v) is 21.0. The molecule has 34 heavy (non-hydrogen) atoms. The van der Waals surface area contributed by atoms with Crippen LogP contribution in [0.1, 0.15) is 75.0 Å². The molecule has 0 radical (unpaired) electrons. The first-order valence-electron chi connectivity index (χ1n) is 12.8. The molecule has 5 heteroatoms. The summed E-state index contributed by atoms with van der Waals surface area (Å²) in [5.41, 5.74) is 3.40. The predicted octanol–water partition coefficient (Wildman–Crippen LogP) is 5.72. The van der Waals surface area contributed by atoms with Crippen molar-refractivity contribution in [2.75, 3.05) is 6.61 Å². The minimum Gasteiger partial charge on any atom is -0.494 e. The third-order valence-corrected chi connectivity index (χ3v) is 6.64. The van der Waals surface area contributed by atoms with E-state index in [1.165, 1.54) is 17.5 Å². The van der Waals surface area contributed by atoms with Crippen molar-refractivity contribution in [2.45, 2.75) is 90.8 Å². The molecule has 5 nitrogen and oxygen atoms in total. The number of ether oxygens (including phenoxy) is 1. The fraction of sp³-hybridized carbons (Fsp3) is 0.517. The van der Waals surface area contributed by atoms with Gasteiger partial charge in [-0.2, -0.15) is 0 Å². The van der Waals surface area contributed by atoms with Crippen LogP contribution in [0.25, 0.3) is 0 Å². The topological polar surface area (TPSA) is 58.6 Å². The summed E-state index contributed by atoms with van der Waals surface area (Å²) < 4.78 is 5.81. The van der Waals surface area contributed by atoms with Crippen LogP contribution in [0, 0.1) is 13.8 Å². The molecule has 0 aromatic heterocycles. The third kappa shape index (κ3) is 7.89. The number of carbonyl (C=O) groups is 2. The number of benzene rings is 2. The van der Waals surface area contributed by atoms with Gasteiger partial charge in [-0.15, -0.1) is 0 Å². The van der Waals surface area contributed by atoms with E-state index in [0.717, 1.165) is 37.0 Å². The number of hydrogen-bond donors (Lipinski definition) is 1. The van der Waals surface area contributed by atoms with E-state index < -0.39 is 6.04 Å². The third-order valence-electron chi connectivity index (χ3n) is 6.64. The van der Waals surface area contributed by atoms with Crippen molar-refractivity contribution >= 4 is 11.8 Å². The smallest absolute Gasteiger partial charge is 0.243 e. The molecule has 1 N–H and O–H groups in total. The standard InChI is InChI=1S/C29H40N2O3/c1-4-27(29(33)30-25-9-6-5-7-10-25)31(21-24-16-12-22(2)13-17-24)28(32)11-8-20-34-26-18-14-23(3)15-19-26/h12-19,25,27H,4-11,20-21H2,1-3H3,(H,30,33)/t27-/m0/s1. The van der Waals surface area contributed by atoms with Gasteiger partial charge in [-0.25, -0.2) is 0 Å². The molecule has 1 atom stereocenters. The highest BCUT2D eigenvalue weighted by Gasteiger charge is 2.30. The van der Waals surface area contributed by atoms with E-state index in [1.807, 2.05) is 57.2 Å². The summed E-state index contributed by atoms with van der Waals surface area (Å²) in [6, 6.07) is 15.9. The SMILES string of the molecule is CC[C@@H](C(=O)NC1CCCCC1)N(Cc1ccc(C)cc1)C(=O)CCCOc1ccc(C)cc1. The number of carbonyl (C=O) groups excluding carboxylic acids is 2. The Morgan fingerprint density at radius 3 is 2.21 bits per heavy atom. The molecule has 3 rings (SSSR count). The van der Waals surface area contributed by atoms with E-state index in [1.54, 1.807) is 4.90 Å². The Balaban J connectivity index is 1.63. The summed E-state index contributed by atoms with van der Waals surface area (Å²) in [5.74, 6) is 0.789. The van der Waals surface area contributed by atoms with Crippen LogP contribution < -0.4 is 10.1 Å². The minimum absolute atomic E-state index is 0.00118. The van der Waals surface area contributed by atoms with Crippen LogP contribution in [0.15, 0.2) is 48.5 Å². The molecule has 1 fully saturated rings. The summed E-state index contributed by atoms with van der Waals surface area (Å²) in [7, 11) is 0. The number of nitrogens with one attached hydrogen (secondary N) is 1. The average molecular weight is 465 g/mol. The number of amides is 2. The van der Waals surface area contributed by atoms with E-state index in [2.05, 4.69) is 17.4 Å². The lowest BCUT2D eigenvalue weighted by atomic mass is 9.95. The average Bonchev–Trinajstić information content (AvgIpc) is 2.84. The Bertz CT molecular complexity index is 902. The summed E-state index contributed by atoms with van der Waals surface area (Å²) >= 11 is 0. The van der Waals surface area contributed by atoms with Gasteiger partial charge in [0.05, 0.1) is 6.61 Å². The highest BCUT2D eigenvalue weighted by Crippen LogP contribution is 2.20. The van der Waals surface area contributed by atoms with E-state index in [4.69, 9.17) is 4.74 Å². The maximum atomic E-state index is 13.4. The normalized spacial score (nSPS) is 14.9. The second kappa shape index (κ2) is 13.2. The van der Waals surface area contributed by atoms with Crippen molar-refractivity contribution in [2.24, 2.45) is 0 Å². The molecule has 0 heterocycles. The van der Waals surface area contributed by atoms with Crippen LogP contribution in [0.5, 0.6) is 5.75 Å². The predicted molar refractivity (Wildman–Crippen MR) is 137 cm³/mol. The van der Waals surface area contributed by atoms with Gasteiger partial charge in [0.1, 0.15) is 11.8 Å². The molecular formula is C29H40N2O3. The number of hydrogen-bond acceptors (Lipinski definition) is 3. The number of nitrogens with zero attached hydrogens (tertiary/aromatic N) is 1. The van der Waals surface area contributed by atoms with Crippen LogP contribution in [0.4, 0.5) is 0 Å². The van der Waals surface area contributed by atoms with Crippen molar-refractivity contribution in [3.8, 4) is 5.75 Å². The largest absolute Gasteiger partial charge is 0.494 e. The molecule has 0 saturated heterocycles. The molecule has 2 amide bonds. The number of rotatable bonds is 11. The van der Waals surface area contributed by atoms with E-state index in [0.29, 0.717) is 32.4 Å². The van der Waals surface area contributed by atoms with Crippen molar-refractivity contribution in [1.29, 1.82) is 0 Å². The molecule has 2 aromatic carbocycles. The summed E-state index contributed by atoms with van der Waals surface area (Å²) in [5, 5.41) is 3.24. The zero-order chi connectivity index (χ0) is 24.3. The van der Waals surface area contributed by atoms with Crippen molar-refractivity contribution in [3.63, 3.8) is 0 Å². The highest BCUT2D eigenvalue weighted by molar-refractivity contribution is 5.87. The van der Waals surface area contributed by atoms with Gasteiger partial charge in [0.15, 0.2) is 0 Å². The van der Waals surface area contributed by atoms with Gasteiger partial charge in [0.2, 0.25) is 11.8 Å². The maximum Gasteiger partial charge on any atom is 0.243 e. The van der Waals surface area contributed by atoms with Crippen LogP contribution in [0.2, 0.25) is 0 Å². The molecule has 1 aliphatic carbocycles. The van der Waals surface area contributed by atoms with Crippen molar-refractivity contribution in [3.05, 3.63) is 65.2 Å². The molecule has 0 aliphatic heterocycles. The molecule has 0 bridgehead atoms. The Labute approximate surface area is 204 Å². The van der Waals surface area contributed by atoms with Crippen LogP contribution in [-0.4, -0.2) is 35.4 Å². The van der Waals surface area contributed by atoms with E-state index >= 15 is 0 Å². The van der Waals surface area contributed by atoms with Crippen molar-refractivity contribution < 1.29 is 14.3 Å². The first-order valence-corrected chi connectivity index (χ1v) is 12.8. The lowest BCUT2D eigenvalue weighted by Crippen LogP contribution is -2.51.